The number of anilines is 2. The zero-order chi connectivity index (χ0) is 24.5. The van der Waals surface area contributed by atoms with Crippen molar-refractivity contribution in [1.82, 2.24) is 20.2 Å². The van der Waals surface area contributed by atoms with E-state index in [2.05, 4.69) is 27.3 Å². The van der Waals surface area contributed by atoms with Gasteiger partial charge in [-0.3, -0.25) is 4.21 Å². The highest BCUT2D eigenvalue weighted by Crippen LogP contribution is 2.34. The van der Waals surface area contributed by atoms with Crippen LogP contribution in [-0.2, 0) is 17.2 Å². The first-order valence-corrected chi connectivity index (χ1v) is 13.6. The van der Waals surface area contributed by atoms with E-state index in [0.717, 1.165) is 37.2 Å². The minimum Gasteiger partial charge on any atom is -0.420 e. The Hall–Kier alpha value is -2.85. The summed E-state index contributed by atoms with van der Waals surface area (Å²) in [4.78, 5) is 12.4. The fourth-order valence-corrected chi connectivity index (χ4v) is 5.87. The van der Waals surface area contributed by atoms with Gasteiger partial charge in [-0.05, 0) is 37.8 Å². The van der Waals surface area contributed by atoms with Gasteiger partial charge in [0.1, 0.15) is 10.7 Å². The Morgan fingerprint density at radius 1 is 1.17 bits per heavy atom. The number of aliphatic hydroxyl groups is 1. The molecule has 1 unspecified atom stereocenters. The van der Waals surface area contributed by atoms with E-state index in [1.165, 1.54) is 5.56 Å². The number of rotatable bonds is 7. The van der Waals surface area contributed by atoms with Crippen LogP contribution in [0.15, 0.2) is 33.6 Å². The summed E-state index contributed by atoms with van der Waals surface area (Å²) in [6, 6.07) is 7.91. The van der Waals surface area contributed by atoms with Gasteiger partial charge in [0, 0.05) is 36.7 Å². The summed E-state index contributed by atoms with van der Waals surface area (Å²) in [5, 5.41) is 21.7. The summed E-state index contributed by atoms with van der Waals surface area (Å²) < 4.78 is 18.6. The van der Waals surface area contributed by atoms with Crippen molar-refractivity contribution >= 4 is 22.6 Å². The number of nitrogens with zero attached hydrogens (tertiary/aromatic N) is 5. The molecule has 3 aromatic rings. The highest BCUT2D eigenvalue weighted by molar-refractivity contribution is 7.85. The first kappa shape index (κ1) is 23.9. The van der Waals surface area contributed by atoms with E-state index in [0.29, 0.717) is 40.6 Å². The SMILES string of the molecule is Cc1ccc(-c2nnc(C3CCN(c4nc5c(c(N[C@@H](CO)C(C)C)n4)S(=O)CC5)CC3)o2)cc1. The lowest BCUT2D eigenvalue weighted by molar-refractivity contribution is 0.249. The largest absolute Gasteiger partial charge is 0.420 e. The van der Waals surface area contributed by atoms with Gasteiger partial charge in [-0.15, -0.1) is 10.2 Å². The van der Waals surface area contributed by atoms with Gasteiger partial charge in [-0.1, -0.05) is 31.5 Å². The number of aliphatic hydroxyl groups excluding tert-OH is 1. The maximum atomic E-state index is 12.6. The third-order valence-electron chi connectivity index (χ3n) is 6.87. The predicted octanol–water partition coefficient (Wildman–Crippen LogP) is 3.31. The highest BCUT2D eigenvalue weighted by atomic mass is 32.2. The molecule has 2 aliphatic heterocycles. The van der Waals surface area contributed by atoms with E-state index in [-0.39, 0.29) is 24.5 Å². The molecule has 2 N–H and O–H groups in total. The van der Waals surface area contributed by atoms with Crippen molar-refractivity contribution in [2.75, 3.05) is 35.7 Å². The smallest absolute Gasteiger partial charge is 0.247 e. The van der Waals surface area contributed by atoms with Crippen molar-refractivity contribution in [2.24, 2.45) is 5.92 Å². The predicted molar refractivity (Wildman–Crippen MR) is 135 cm³/mol. The summed E-state index contributed by atoms with van der Waals surface area (Å²) in [5.41, 5.74) is 2.96. The molecule has 0 saturated carbocycles. The molecule has 2 aromatic heterocycles. The van der Waals surface area contributed by atoms with Crippen molar-refractivity contribution < 1.29 is 13.7 Å². The molecule has 0 bridgehead atoms. The normalized spacial score (nSPS) is 19.2. The van der Waals surface area contributed by atoms with Gasteiger partial charge < -0.3 is 19.7 Å². The lowest BCUT2D eigenvalue weighted by Gasteiger charge is -2.31. The molecule has 10 heteroatoms. The van der Waals surface area contributed by atoms with Gasteiger partial charge in [0.25, 0.3) is 0 Å². The van der Waals surface area contributed by atoms with Crippen LogP contribution in [-0.4, -0.2) is 61.0 Å². The van der Waals surface area contributed by atoms with Gasteiger partial charge in [0.15, 0.2) is 0 Å². The molecule has 0 aliphatic carbocycles. The Balaban J connectivity index is 1.31. The van der Waals surface area contributed by atoms with E-state index < -0.39 is 10.8 Å². The minimum absolute atomic E-state index is 0.0153. The average Bonchev–Trinajstić information content (AvgIpc) is 3.50. The van der Waals surface area contributed by atoms with Crippen LogP contribution in [0, 0.1) is 12.8 Å². The molecule has 1 fully saturated rings. The highest BCUT2D eigenvalue weighted by Gasteiger charge is 2.31. The van der Waals surface area contributed by atoms with Crippen molar-refractivity contribution in [1.29, 1.82) is 0 Å². The molecule has 2 aliphatic rings. The molecule has 2 atom stereocenters. The molecule has 35 heavy (non-hydrogen) atoms. The van der Waals surface area contributed by atoms with Gasteiger partial charge in [0.2, 0.25) is 17.7 Å². The molecule has 0 spiro atoms. The number of hydrogen-bond acceptors (Lipinski definition) is 9. The van der Waals surface area contributed by atoms with Crippen LogP contribution < -0.4 is 10.2 Å². The summed E-state index contributed by atoms with van der Waals surface area (Å²) in [6.07, 6.45) is 2.39. The molecule has 5 rings (SSSR count). The fraction of sp³-hybridized carbons (Fsp3) is 0.520. The third-order valence-corrected chi connectivity index (χ3v) is 8.32. The van der Waals surface area contributed by atoms with Gasteiger partial charge >= 0.3 is 0 Å². The topological polar surface area (TPSA) is 117 Å². The summed E-state index contributed by atoms with van der Waals surface area (Å²) in [5.74, 6) is 3.43. The quantitative estimate of drug-likeness (QED) is 0.508. The number of benzene rings is 1. The summed E-state index contributed by atoms with van der Waals surface area (Å²) >= 11 is 0. The van der Waals surface area contributed by atoms with E-state index in [4.69, 9.17) is 14.4 Å². The number of fused-ring (bicyclic) bond motifs is 1. The Morgan fingerprint density at radius 2 is 1.91 bits per heavy atom. The Labute approximate surface area is 207 Å². The molecule has 1 aromatic carbocycles. The number of aryl methyl sites for hydroxylation is 2. The van der Waals surface area contributed by atoms with Crippen LogP contribution in [0.2, 0.25) is 0 Å². The van der Waals surface area contributed by atoms with E-state index in [1.807, 2.05) is 38.1 Å². The molecular weight excluding hydrogens is 464 g/mol. The summed E-state index contributed by atoms with van der Waals surface area (Å²) in [7, 11) is -1.12. The van der Waals surface area contributed by atoms with Crippen LogP contribution in [0.1, 0.15) is 49.8 Å². The number of nitrogens with one attached hydrogen (secondary N) is 1. The zero-order valence-corrected chi connectivity index (χ0v) is 21.2. The number of hydrogen-bond donors (Lipinski definition) is 2. The number of piperidine rings is 1. The monoisotopic (exact) mass is 496 g/mol. The molecular formula is C25H32N6O3S. The lowest BCUT2D eigenvalue weighted by Crippen LogP contribution is -2.35. The van der Waals surface area contributed by atoms with Crippen LogP contribution in [0.5, 0.6) is 0 Å². The summed E-state index contributed by atoms with van der Waals surface area (Å²) in [6.45, 7) is 7.65. The van der Waals surface area contributed by atoms with Gasteiger partial charge in [0.05, 0.1) is 29.1 Å². The number of aromatic nitrogens is 4. The van der Waals surface area contributed by atoms with Crippen molar-refractivity contribution in [2.45, 2.75) is 56.9 Å². The third kappa shape index (κ3) is 4.95. The zero-order valence-electron chi connectivity index (χ0n) is 20.4. The van der Waals surface area contributed by atoms with Crippen molar-refractivity contribution in [3.05, 3.63) is 41.4 Å². The van der Waals surface area contributed by atoms with E-state index >= 15 is 0 Å². The van der Waals surface area contributed by atoms with Gasteiger partial charge in [-0.25, -0.2) is 4.98 Å². The van der Waals surface area contributed by atoms with Crippen LogP contribution in [0.25, 0.3) is 11.5 Å². The maximum absolute atomic E-state index is 12.6. The van der Waals surface area contributed by atoms with E-state index in [1.54, 1.807) is 0 Å². The Bertz CT molecular complexity index is 1200. The van der Waals surface area contributed by atoms with Crippen LogP contribution in [0.3, 0.4) is 0 Å². The molecule has 0 amide bonds. The van der Waals surface area contributed by atoms with Crippen LogP contribution in [0.4, 0.5) is 11.8 Å². The van der Waals surface area contributed by atoms with Gasteiger partial charge in [-0.2, -0.15) is 4.98 Å². The van der Waals surface area contributed by atoms with Crippen molar-refractivity contribution in [3.63, 3.8) is 0 Å². The molecule has 4 heterocycles. The Kier molecular flexibility index (Phi) is 6.84. The second kappa shape index (κ2) is 10.0. The van der Waals surface area contributed by atoms with Crippen LogP contribution >= 0.6 is 0 Å². The standard InChI is InChI=1S/C25H32N6O3S/c1-15(2)20(14-32)26-22-21-19(10-13-35(21)33)27-25(28-22)31-11-8-18(9-12-31)24-30-29-23(34-24)17-6-4-16(3)5-7-17/h4-7,15,18,20,32H,8-14H2,1-3H3,(H,26,27,28)/t20-,35?/m0/s1. The molecule has 1 saturated heterocycles. The second-order valence-electron chi connectivity index (χ2n) is 9.70. The maximum Gasteiger partial charge on any atom is 0.247 e. The first-order valence-electron chi connectivity index (χ1n) is 12.2. The average molecular weight is 497 g/mol. The lowest BCUT2D eigenvalue weighted by atomic mass is 9.97. The minimum atomic E-state index is -1.12. The molecule has 9 nitrogen and oxygen atoms in total. The van der Waals surface area contributed by atoms with Crippen molar-refractivity contribution in [3.8, 4) is 11.5 Å². The first-order chi connectivity index (χ1) is 16.9. The second-order valence-corrected chi connectivity index (χ2v) is 11.2. The van der Waals surface area contributed by atoms with E-state index in [9.17, 15) is 9.32 Å². The molecule has 0 radical (unpaired) electrons. The Morgan fingerprint density at radius 3 is 2.60 bits per heavy atom. The fourth-order valence-electron chi connectivity index (χ4n) is 4.56. The molecule has 186 valence electrons.